The van der Waals surface area contributed by atoms with E-state index in [0.29, 0.717) is 180 Å². The predicted octanol–water partition coefficient (Wildman–Crippen LogP) is 15.0. The highest BCUT2D eigenvalue weighted by Gasteiger charge is 2.34. The maximum atomic E-state index is 5.72. The second-order valence-electron chi connectivity index (χ2n) is 37.1. The van der Waals surface area contributed by atoms with Crippen molar-refractivity contribution in [3.63, 3.8) is 0 Å². The van der Waals surface area contributed by atoms with Crippen molar-refractivity contribution >= 4 is 44.1 Å². The molecule has 2 aliphatic heterocycles. The van der Waals surface area contributed by atoms with Gasteiger partial charge in [0, 0.05) is 88.3 Å². The van der Waals surface area contributed by atoms with Crippen LogP contribution in [-0.4, -0.2) is 160 Å². The van der Waals surface area contributed by atoms with Crippen molar-refractivity contribution in [2.45, 2.75) is 210 Å². The monoisotopic (exact) mass is 1500 g/mol. The Morgan fingerprint density at radius 3 is 0.464 bits per heavy atom. The molecule has 4 aromatic carbocycles. The van der Waals surface area contributed by atoms with E-state index in [2.05, 4.69) is 225 Å². The number of H-pyrrole nitrogens is 2. The molecular formula is C80H90N32. The third-order valence-corrected chi connectivity index (χ3v) is 20.0. The number of aromatic amines is 2. The minimum atomic E-state index is -0.418. The van der Waals surface area contributed by atoms with Gasteiger partial charge in [0.25, 0.3) is 0 Å². The first-order chi connectivity index (χ1) is 52.4. The number of nitrogens with zero attached hydrogens (tertiary/aromatic N) is 30. The molecule has 0 unspecified atom stereocenters. The van der Waals surface area contributed by atoms with Gasteiger partial charge in [-0.3, -0.25) is 0 Å². The molecule has 0 atom stereocenters. The number of nitrogens with one attached hydrogen (secondary N) is 2. The van der Waals surface area contributed by atoms with Crippen LogP contribution in [0.2, 0.25) is 0 Å². The predicted molar refractivity (Wildman–Crippen MR) is 428 cm³/mol. The number of aromatic nitrogens is 32. The Bertz CT molecular complexity index is 5730. The first kappa shape index (κ1) is 72.2. The Morgan fingerprint density at radius 1 is 0.188 bits per heavy atom. The Kier molecular flexibility index (Phi) is 15.8. The van der Waals surface area contributed by atoms with Crippen LogP contribution in [0.4, 0.5) is 0 Å². The fourth-order valence-corrected chi connectivity index (χ4v) is 13.4. The molecule has 17 rings (SSSR count). The van der Waals surface area contributed by atoms with Gasteiger partial charge in [-0.05, 0) is 215 Å². The first-order valence-corrected chi connectivity index (χ1v) is 37.5. The highest BCUT2D eigenvalue weighted by atomic mass is 15.5. The zero-order valence-corrected chi connectivity index (χ0v) is 67.7. The standard InChI is InChI=1S/C80H90N32/c1-73(2,3)105-33-57(89-97-105)41-25-49-50(26-42(41)58-34-106(98-90-58)74(4,5)6)66-81-65(49)85-67-51-27-43(59-35-107(99-91-59)75(7,8)9)44(60-36-108(100-92-60)76(10,11)12)28-52(51)69(82-67)87-71-55-31-47(63-39-111(103-95-63)79(19,20)21)48(64-40-112(104-96-64)80(22,23)24)32-56(55)72(84-71)88-70-54-30-46(62-38-110(102-94-62)78(16,17)18)45(29-53(54)68(83-70)86-66)61-37-109(101-93-61)77(13,14)15/h25-40H,1-24H3,(H2,81,82,83,84,85,86,87,88). The summed E-state index contributed by atoms with van der Waals surface area (Å²) in [4.78, 5) is 41.6. The average molecular weight is 1500 g/mol. The molecule has 13 heterocycles. The molecule has 0 amide bonds. The van der Waals surface area contributed by atoms with Crippen molar-refractivity contribution in [1.29, 1.82) is 0 Å². The number of hydrogen-bond acceptors (Lipinski definition) is 22. The highest BCUT2D eigenvalue weighted by Crippen LogP contribution is 2.48. The lowest BCUT2D eigenvalue weighted by Gasteiger charge is -2.17. The molecule has 0 saturated heterocycles. The number of benzene rings is 4. The van der Waals surface area contributed by atoms with Gasteiger partial charge in [-0.2, -0.15) is 0 Å². The van der Waals surface area contributed by atoms with Gasteiger partial charge in [0.05, 0.1) is 93.9 Å². The van der Waals surface area contributed by atoms with Crippen LogP contribution in [0, 0.1) is 0 Å². The van der Waals surface area contributed by atoms with Gasteiger partial charge >= 0.3 is 0 Å². The van der Waals surface area contributed by atoms with Gasteiger partial charge in [0.1, 0.15) is 68.1 Å². The molecule has 0 fully saturated rings. The summed E-state index contributed by atoms with van der Waals surface area (Å²) in [5.74, 6) is 1.26. The number of rotatable bonds is 8. The summed E-state index contributed by atoms with van der Waals surface area (Å²) in [7, 11) is 0. The summed E-state index contributed by atoms with van der Waals surface area (Å²) in [5, 5.41) is 79.3. The normalized spacial score (nSPS) is 13.4. The molecule has 32 nitrogen and oxygen atoms in total. The van der Waals surface area contributed by atoms with Gasteiger partial charge in [0.2, 0.25) is 0 Å². The maximum Gasteiger partial charge on any atom is 0.164 e. The minimum Gasteiger partial charge on any atom is -0.324 e. The van der Waals surface area contributed by atoms with Crippen molar-refractivity contribution in [2.75, 3.05) is 0 Å². The zero-order valence-electron chi connectivity index (χ0n) is 67.7. The van der Waals surface area contributed by atoms with Crippen LogP contribution in [0.15, 0.2) is 98.1 Å². The quantitative estimate of drug-likeness (QED) is 0.143. The van der Waals surface area contributed by atoms with Gasteiger partial charge < -0.3 is 9.97 Å². The maximum absolute atomic E-state index is 5.72. The summed E-state index contributed by atoms with van der Waals surface area (Å²) in [6, 6.07) is 16.5. The molecule has 8 bridgehead atoms. The van der Waals surface area contributed by atoms with Crippen molar-refractivity contribution in [1.82, 2.24) is 160 Å². The molecule has 15 aromatic rings. The fraction of sp³-hybridized carbons (Fsp3) is 0.400. The van der Waals surface area contributed by atoms with Gasteiger partial charge in [-0.15, -0.1) is 40.8 Å². The third kappa shape index (κ3) is 12.6. The molecule has 2 aliphatic rings. The second-order valence-corrected chi connectivity index (χ2v) is 37.1. The fourth-order valence-electron chi connectivity index (χ4n) is 13.4. The number of hydrogen-bond donors (Lipinski definition) is 2. The topological polar surface area (TPSA) is 355 Å². The van der Waals surface area contributed by atoms with Crippen LogP contribution in [0.3, 0.4) is 0 Å². The summed E-state index contributed by atoms with van der Waals surface area (Å²) in [6.07, 6.45) is 15.6. The Balaban J connectivity index is 1.05. The summed E-state index contributed by atoms with van der Waals surface area (Å²) < 4.78 is 14.9. The van der Waals surface area contributed by atoms with Crippen molar-refractivity contribution in [2.24, 2.45) is 0 Å². The van der Waals surface area contributed by atoms with E-state index < -0.39 is 44.3 Å². The molecule has 32 heteroatoms. The Morgan fingerprint density at radius 2 is 0.330 bits per heavy atom. The number of fused-ring (bicyclic) bond motifs is 20. The van der Waals surface area contributed by atoms with E-state index in [4.69, 9.17) is 112 Å². The summed E-state index contributed by atoms with van der Waals surface area (Å²) >= 11 is 0. The molecule has 2 N–H and O–H groups in total. The van der Waals surface area contributed by atoms with Gasteiger partial charge in [-0.25, -0.2) is 67.4 Å². The van der Waals surface area contributed by atoms with E-state index in [-0.39, 0.29) is 0 Å². The average Bonchev–Trinajstić information content (AvgIpc) is 1.58. The van der Waals surface area contributed by atoms with E-state index in [0.717, 1.165) is 0 Å². The second kappa shape index (κ2) is 24.4. The first-order valence-electron chi connectivity index (χ1n) is 37.5. The molecule has 0 saturated carbocycles. The van der Waals surface area contributed by atoms with Crippen LogP contribution in [-0.2, 0) is 44.3 Å². The lowest BCUT2D eigenvalue weighted by atomic mass is 9.95. The van der Waals surface area contributed by atoms with Crippen LogP contribution in [0.25, 0.3) is 180 Å². The molecule has 0 spiro atoms. The van der Waals surface area contributed by atoms with E-state index in [1.165, 1.54) is 0 Å². The van der Waals surface area contributed by atoms with E-state index in [1.807, 2.05) is 87.0 Å². The SMILES string of the molecule is CC(C)(C)n1cc(-c2cc3c(cc2-c2cn(C(C)(C)C)nn2)-c2nc-3nc3[nH]c(nc4nc(nc5[nH]c(n2)c2cc(-c6cn(C(C)(C)C)nn6)c(-c6cn(C(C)(C)C)nn6)cc52)-c2cc(-c5cn(C(C)(C)C)nn5)c(-c5cn(C(C)(C)C)nn5)cc2-4)c2cc(-c4cn(C(C)(C)C)nn4)c(-c4cn(C(C)(C)C)nn4)cc32)nn1. The molecule has 11 aromatic heterocycles. The molecular weight excluding hydrogens is 1410 g/mol. The van der Waals surface area contributed by atoms with E-state index in [1.54, 1.807) is 0 Å². The highest BCUT2D eigenvalue weighted by molar-refractivity contribution is 6.11. The van der Waals surface area contributed by atoms with Crippen molar-refractivity contribution in [3.8, 4) is 136 Å². The summed E-state index contributed by atoms with van der Waals surface area (Å²) in [5.41, 5.74) is 11.2. The van der Waals surface area contributed by atoms with Crippen LogP contribution in [0.5, 0.6) is 0 Å². The van der Waals surface area contributed by atoms with E-state index in [9.17, 15) is 0 Å². The van der Waals surface area contributed by atoms with Gasteiger partial charge in [0.15, 0.2) is 23.3 Å². The van der Waals surface area contributed by atoms with Crippen LogP contribution >= 0.6 is 0 Å². The molecule has 0 radical (unpaired) electrons. The zero-order chi connectivity index (χ0) is 79.4. The van der Waals surface area contributed by atoms with Crippen molar-refractivity contribution in [3.05, 3.63) is 98.1 Å². The van der Waals surface area contributed by atoms with Crippen LogP contribution < -0.4 is 0 Å². The van der Waals surface area contributed by atoms with Crippen molar-refractivity contribution < 1.29 is 0 Å². The Hall–Kier alpha value is -12.6. The van der Waals surface area contributed by atoms with Crippen LogP contribution in [0.1, 0.15) is 166 Å². The van der Waals surface area contributed by atoms with Gasteiger partial charge in [-0.1, -0.05) is 41.7 Å². The molecule has 0 aliphatic carbocycles. The molecule has 112 heavy (non-hydrogen) atoms. The molecule has 570 valence electrons. The third-order valence-electron chi connectivity index (χ3n) is 20.0. The lowest BCUT2D eigenvalue weighted by Crippen LogP contribution is -2.22. The largest absolute Gasteiger partial charge is 0.324 e. The van der Waals surface area contributed by atoms with E-state index >= 15 is 0 Å². The smallest absolute Gasteiger partial charge is 0.164 e. The Labute approximate surface area is 645 Å². The lowest BCUT2D eigenvalue weighted by molar-refractivity contribution is 0.346. The summed E-state index contributed by atoms with van der Waals surface area (Å²) in [6.45, 7) is 50.0. The minimum absolute atomic E-state index is 0.315.